The first kappa shape index (κ1) is 16.9. The number of pyridine rings is 1. The van der Waals surface area contributed by atoms with Gasteiger partial charge >= 0.3 is 0 Å². The molecule has 0 radical (unpaired) electrons. The Balaban J connectivity index is 0.00000176. The number of piperazine rings is 1. The van der Waals surface area contributed by atoms with Crippen LogP contribution in [0.25, 0.3) is 0 Å². The highest BCUT2D eigenvalue weighted by atomic mass is 35.5. The van der Waals surface area contributed by atoms with Crippen LogP contribution in [0.5, 0.6) is 0 Å². The summed E-state index contributed by atoms with van der Waals surface area (Å²) in [4.78, 5) is 6.70. The lowest BCUT2D eigenvalue weighted by Crippen LogP contribution is -2.45. The highest BCUT2D eigenvalue weighted by Crippen LogP contribution is 2.24. The van der Waals surface area contributed by atoms with Crippen LogP contribution in [0, 0.1) is 13.8 Å². The topological polar surface area (TPSA) is 28.2 Å². The highest BCUT2D eigenvalue weighted by Gasteiger charge is 2.23. The zero-order valence-electron chi connectivity index (χ0n) is 13.2. The van der Waals surface area contributed by atoms with Gasteiger partial charge in [0, 0.05) is 44.6 Å². The van der Waals surface area contributed by atoms with E-state index in [-0.39, 0.29) is 12.4 Å². The standard InChI is InChI=1S/C18H23N3.ClH/c1-14-9-15(2)11-16(10-14)13-21-8-7-20-12-18(21)17-3-5-19-6-4-17;/h3-6,9-11,18,20H,7-8,12-13H2,1-2H3;1H. The summed E-state index contributed by atoms with van der Waals surface area (Å²) in [6.07, 6.45) is 3.78. The second kappa shape index (κ2) is 7.73. The van der Waals surface area contributed by atoms with Gasteiger partial charge in [0.25, 0.3) is 0 Å². The molecule has 1 aliphatic heterocycles. The fourth-order valence-corrected chi connectivity index (χ4v) is 3.24. The molecular weight excluding hydrogens is 294 g/mol. The third kappa shape index (κ3) is 4.07. The lowest BCUT2D eigenvalue weighted by Gasteiger charge is -2.36. The summed E-state index contributed by atoms with van der Waals surface area (Å²) in [7, 11) is 0. The van der Waals surface area contributed by atoms with Crippen molar-refractivity contribution in [3.05, 3.63) is 65.0 Å². The largest absolute Gasteiger partial charge is 0.314 e. The number of halogens is 1. The zero-order chi connectivity index (χ0) is 14.7. The molecule has 1 aliphatic rings. The van der Waals surface area contributed by atoms with E-state index in [2.05, 4.69) is 59.4 Å². The van der Waals surface area contributed by atoms with Crippen molar-refractivity contribution in [2.24, 2.45) is 0 Å². The molecule has 2 aromatic rings. The molecule has 3 rings (SSSR count). The van der Waals surface area contributed by atoms with Gasteiger partial charge in [-0.15, -0.1) is 12.4 Å². The van der Waals surface area contributed by atoms with E-state index in [0.717, 1.165) is 26.2 Å². The first-order valence-electron chi connectivity index (χ1n) is 7.64. The molecule has 1 fully saturated rings. The van der Waals surface area contributed by atoms with E-state index < -0.39 is 0 Å². The van der Waals surface area contributed by atoms with Crippen molar-refractivity contribution in [3.63, 3.8) is 0 Å². The Bertz CT molecular complexity index is 580. The van der Waals surface area contributed by atoms with Gasteiger partial charge in [-0.05, 0) is 37.1 Å². The molecular formula is C18H24ClN3. The lowest BCUT2D eigenvalue weighted by atomic mass is 10.0. The third-order valence-electron chi connectivity index (χ3n) is 4.11. The maximum Gasteiger partial charge on any atom is 0.0477 e. The SMILES string of the molecule is Cc1cc(C)cc(CN2CCNCC2c2ccncc2)c1.Cl. The number of benzene rings is 1. The number of hydrogen-bond donors (Lipinski definition) is 1. The summed E-state index contributed by atoms with van der Waals surface area (Å²) in [6.45, 7) is 8.52. The second-order valence-electron chi connectivity index (χ2n) is 5.97. The molecule has 1 saturated heterocycles. The van der Waals surface area contributed by atoms with Gasteiger partial charge in [0.1, 0.15) is 0 Å². The van der Waals surface area contributed by atoms with Gasteiger partial charge in [0.05, 0.1) is 0 Å². The first-order valence-corrected chi connectivity index (χ1v) is 7.64. The van der Waals surface area contributed by atoms with E-state index in [0.29, 0.717) is 6.04 Å². The summed E-state index contributed by atoms with van der Waals surface area (Å²) in [5.74, 6) is 0. The van der Waals surface area contributed by atoms with Crippen LogP contribution in [0.2, 0.25) is 0 Å². The number of rotatable bonds is 3. The Labute approximate surface area is 139 Å². The number of aryl methyl sites for hydroxylation is 2. The summed E-state index contributed by atoms with van der Waals surface area (Å²) in [6, 6.07) is 11.5. The molecule has 0 bridgehead atoms. The highest BCUT2D eigenvalue weighted by molar-refractivity contribution is 5.85. The minimum atomic E-state index is 0. The van der Waals surface area contributed by atoms with Crippen LogP contribution in [-0.4, -0.2) is 29.5 Å². The van der Waals surface area contributed by atoms with Crippen molar-refractivity contribution in [3.8, 4) is 0 Å². The van der Waals surface area contributed by atoms with E-state index in [1.54, 1.807) is 0 Å². The molecule has 0 amide bonds. The number of nitrogens with one attached hydrogen (secondary N) is 1. The van der Waals surface area contributed by atoms with Gasteiger partial charge in [-0.2, -0.15) is 0 Å². The minimum Gasteiger partial charge on any atom is -0.314 e. The Kier molecular flexibility index (Phi) is 5.95. The van der Waals surface area contributed by atoms with E-state index in [4.69, 9.17) is 0 Å². The average molecular weight is 318 g/mol. The molecule has 4 heteroatoms. The molecule has 0 saturated carbocycles. The monoisotopic (exact) mass is 317 g/mol. The van der Waals surface area contributed by atoms with Gasteiger partial charge in [-0.25, -0.2) is 0 Å². The second-order valence-corrected chi connectivity index (χ2v) is 5.97. The Morgan fingerprint density at radius 3 is 2.50 bits per heavy atom. The van der Waals surface area contributed by atoms with Crippen molar-refractivity contribution >= 4 is 12.4 Å². The number of nitrogens with zero attached hydrogens (tertiary/aromatic N) is 2. The van der Waals surface area contributed by atoms with Gasteiger partial charge in [-0.3, -0.25) is 9.88 Å². The van der Waals surface area contributed by atoms with Crippen LogP contribution in [0.15, 0.2) is 42.7 Å². The molecule has 3 nitrogen and oxygen atoms in total. The molecule has 22 heavy (non-hydrogen) atoms. The molecule has 2 heterocycles. The van der Waals surface area contributed by atoms with Gasteiger partial charge < -0.3 is 5.32 Å². The number of hydrogen-bond acceptors (Lipinski definition) is 3. The molecule has 118 valence electrons. The maximum absolute atomic E-state index is 4.13. The van der Waals surface area contributed by atoms with Crippen LogP contribution in [0.4, 0.5) is 0 Å². The Morgan fingerprint density at radius 1 is 1.14 bits per heavy atom. The first-order chi connectivity index (χ1) is 10.2. The molecule has 1 aromatic heterocycles. The van der Waals surface area contributed by atoms with E-state index in [9.17, 15) is 0 Å². The molecule has 1 aromatic carbocycles. The van der Waals surface area contributed by atoms with Crippen molar-refractivity contribution < 1.29 is 0 Å². The Morgan fingerprint density at radius 2 is 1.82 bits per heavy atom. The van der Waals surface area contributed by atoms with Crippen LogP contribution < -0.4 is 5.32 Å². The van der Waals surface area contributed by atoms with Gasteiger partial charge in [-0.1, -0.05) is 29.3 Å². The molecule has 1 atom stereocenters. The van der Waals surface area contributed by atoms with Gasteiger partial charge in [0.2, 0.25) is 0 Å². The lowest BCUT2D eigenvalue weighted by molar-refractivity contribution is 0.153. The van der Waals surface area contributed by atoms with Crippen LogP contribution >= 0.6 is 12.4 Å². The molecule has 0 aliphatic carbocycles. The fraction of sp³-hybridized carbons (Fsp3) is 0.389. The normalized spacial score (nSPS) is 18.7. The van der Waals surface area contributed by atoms with Crippen LogP contribution in [0.1, 0.15) is 28.3 Å². The van der Waals surface area contributed by atoms with Crippen LogP contribution in [0.3, 0.4) is 0 Å². The summed E-state index contributed by atoms with van der Waals surface area (Å²) >= 11 is 0. The van der Waals surface area contributed by atoms with Crippen molar-refractivity contribution in [2.45, 2.75) is 26.4 Å². The smallest absolute Gasteiger partial charge is 0.0477 e. The van der Waals surface area contributed by atoms with E-state index in [1.807, 2.05) is 12.4 Å². The summed E-state index contributed by atoms with van der Waals surface area (Å²) in [5, 5.41) is 3.51. The Hall–Kier alpha value is -1.42. The average Bonchev–Trinajstić information content (AvgIpc) is 2.48. The summed E-state index contributed by atoms with van der Waals surface area (Å²) < 4.78 is 0. The van der Waals surface area contributed by atoms with Crippen molar-refractivity contribution in [1.82, 2.24) is 15.2 Å². The summed E-state index contributed by atoms with van der Waals surface area (Å²) in [5.41, 5.74) is 5.45. The fourth-order valence-electron chi connectivity index (χ4n) is 3.24. The van der Waals surface area contributed by atoms with Crippen molar-refractivity contribution in [2.75, 3.05) is 19.6 Å². The maximum atomic E-state index is 4.13. The molecule has 1 N–H and O–H groups in total. The van der Waals surface area contributed by atoms with Crippen molar-refractivity contribution in [1.29, 1.82) is 0 Å². The third-order valence-corrected chi connectivity index (χ3v) is 4.11. The molecule has 1 unspecified atom stereocenters. The minimum absolute atomic E-state index is 0. The molecule has 0 spiro atoms. The van der Waals surface area contributed by atoms with E-state index in [1.165, 1.54) is 22.3 Å². The number of aromatic nitrogens is 1. The predicted octanol–water partition coefficient (Wildman–Crippen LogP) is 3.27. The van der Waals surface area contributed by atoms with Gasteiger partial charge in [0.15, 0.2) is 0 Å². The van der Waals surface area contributed by atoms with E-state index >= 15 is 0 Å². The quantitative estimate of drug-likeness (QED) is 0.941. The van der Waals surface area contributed by atoms with Crippen LogP contribution in [-0.2, 0) is 6.54 Å². The zero-order valence-corrected chi connectivity index (χ0v) is 14.1. The predicted molar refractivity (Wildman–Crippen MR) is 93.4 cm³/mol.